The first-order valence-electron chi connectivity index (χ1n) is 2.72. The van der Waals surface area contributed by atoms with E-state index in [9.17, 15) is 8.76 Å². The van der Waals surface area contributed by atoms with Gasteiger partial charge in [0, 0.05) is 12.2 Å². The Morgan fingerprint density at radius 1 is 1.80 bits per heavy atom. The van der Waals surface area contributed by atoms with Gasteiger partial charge in [0.2, 0.25) is 0 Å². The molecule has 1 atom stereocenters. The van der Waals surface area contributed by atoms with E-state index in [4.69, 9.17) is 4.42 Å². The van der Waals surface area contributed by atoms with Crippen molar-refractivity contribution in [1.29, 1.82) is 0 Å². The molecule has 10 heavy (non-hydrogen) atoms. The van der Waals surface area contributed by atoms with E-state index in [0.29, 0.717) is 12.2 Å². The molecule has 5 heteroatoms. The molecule has 0 aliphatic carbocycles. The van der Waals surface area contributed by atoms with Crippen LogP contribution in [-0.2, 0) is 17.5 Å². The fourth-order valence-electron chi connectivity index (χ4n) is 0.550. The third-order valence-electron chi connectivity index (χ3n) is 0.999. The van der Waals surface area contributed by atoms with Crippen LogP contribution in [0, 0.1) is 0 Å². The third kappa shape index (κ3) is 2.28. The van der Waals surface area contributed by atoms with Gasteiger partial charge in [0.15, 0.2) is 6.39 Å². The van der Waals surface area contributed by atoms with Crippen LogP contribution in [0.1, 0.15) is 5.76 Å². The van der Waals surface area contributed by atoms with E-state index in [2.05, 4.69) is 4.98 Å². The molecule has 0 aliphatic heterocycles. The summed E-state index contributed by atoms with van der Waals surface area (Å²) < 4.78 is 24.9. The molecule has 1 heterocycles. The number of aromatic nitrogens is 1. The van der Waals surface area contributed by atoms with Gasteiger partial charge >= 0.3 is 0 Å². The molecule has 0 fully saturated rings. The van der Waals surface area contributed by atoms with Gasteiger partial charge in [-0.05, 0) is 0 Å². The molecule has 1 unspecified atom stereocenters. The van der Waals surface area contributed by atoms with Crippen molar-refractivity contribution in [3.05, 3.63) is 18.4 Å². The van der Waals surface area contributed by atoms with Gasteiger partial charge in [0.05, 0.1) is 6.20 Å². The van der Waals surface area contributed by atoms with Crippen molar-refractivity contribution in [2.45, 2.75) is 6.42 Å². The number of rotatable bonds is 3. The van der Waals surface area contributed by atoms with E-state index >= 15 is 0 Å². The monoisotopic (exact) mass is 160 g/mol. The molecule has 1 aromatic heterocycles. The summed E-state index contributed by atoms with van der Waals surface area (Å²) in [4.78, 5) is 3.63. The Morgan fingerprint density at radius 2 is 2.60 bits per heavy atom. The molecule has 56 valence electrons. The van der Waals surface area contributed by atoms with Gasteiger partial charge in [-0.15, -0.1) is 0 Å². The van der Waals surface area contributed by atoms with E-state index < -0.39 is 11.1 Å². The Labute approximate surface area is 60.6 Å². The third-order valence-corrected chi connectivity index (χ3v) is 1.54. The summed E-state index contributed by atoms with van der Waals surface area (Å²) in [6.45, 7) is 0. The van der Waals surface area contributed by atoms with Crippen LogP contribution in [0.2, 0.25) is 0 Å². The summed E-state index contributed by atoms with van der Waals surface area (Å²) in [6.07, 6.45) is 3.19. The molecule has 0 saturated heterocycles. The van der Waals surface area contributed by atoms with E-state index in [0.717, 1.165) is 0 Å². The zero-order chi connectivity index (χ0) is 7.40. The second-order valence-electron chi connectivity index (χ2n) is 1.73. The number of nitrogens with zero attached hydrogens (tertiary/aromatic N) is 1. The molecule has 0 spiro atoms. The van der Waals surface area contributed by atoms with Crippen molar-refractivity contribution in [2.75, 3.05) is 5.75 Å². The van der Waals surface area contributed by atoms with Gasteiger partial charge in [0.25, 0.3) is 0 Å². The zero-order valence-electron chi connectivity index (χ0n) is 5.15. The second kappa shape index (κ2) is 3.48. The van der Waals surface area contributed by atoms with Gasteiger partial charge in [-0.2, -0.15) is 0 Å². The summed E-state index contributed by atoms with van der Waals surface area (Å²) in [7, 11) is 0. The lowest BCUT2D eigenvalue weighted by Gasteiger charge is -2.00. The SMILES string of the molecule is O=S([O-])CCc1cnco1. The first-order valence-corrected chi connectivity index (χ1v) is 3.96. The van der Waals surface area contributed by atoms with Crippen LogP contribution in [0.15, 0.2) is 17.0 Å². The smallest absolute Gasteiger partial charge is 0.180 e. The highest BCUT2D eigenvalue weighted by atomic mass is 32.2. The lowest BCUT2D eigenvalue weighted by atomic mass is 10.4. The molecule has 0 amide bonds. The number of hydrogen-bond donors (Lipinski definition) is 0. The molecular formula is C5H6NO3S-. The molecule has 0 aromatic carbocycles. The molecule has 1 aromatic rings. The number of oxazole rings is 1. The number of aryl methyl sites for hydroxylation is 1. The summed E-state index contributed by atoms with van der Waals surface area (Å²) in [5.74, 6) is 0.694. The fraction of sp³-hybridized carbons (Fsp3) is 0.400. The lowest BCUT2D eigenvalue weighted by molar-refractivity contribution is 0.501. The molecule has 0 aliphatic rings. The van der Waals surface area contributed by atoms with Gasteiger partial charge in [-0.25, -0.2) is 4.98 Å². The zero-order valence-corrected chi connectivity index (χ0v) is 5.97. The highest BCUT2D eigenvalue weighted by Crippen LogP contribution is 1.97. The highest BCUT2D eigenvalue weighted by molar-refractivity contribution is 7.79. The van der Waals surface area contributed by atoms with Crippen molar-refractivity contribution in [3.8, 4) is 0 Å². The maximum Gasteiger partial charge on any atom is 0.180 e. The molecule has 0 bridgehead atoms. The van der Waals surface area contributed by atoms with Crippen molar-refractivity contribution in [2.24, 2.45) is 0 Å². The highest BCUT2D eigenvalue weighted by Gasteiger charge is 1.94. The largest absolute Gasteiger partial charge is 0.772 e. The molecule has 4 nitrogen and oxygen atoms in total. The Hall–Kier alpha value is -0.680. The molecular weight excluding hydrogens is 154 g/mol. The Kier molecular flexibility index (Phi) is 2.58. The van der Waals surface area contributed by atoms with E-state index in [1.165, 1.54) is 12.6 Å². The van der Waals surface area contributed by atoms with Crippen LogP contribution in [0.25, 0.3) is 0 Å². The van der Waals surface area contributed by atoms with Gasteiger partial charge in [0.1, 0.15) is 5.76 Å². The minimum atomic E-state index is -1.99. The standard InChI is InChI=1S/C5H7NO3S/c7-10(8)2-1-5-3-6-4-9-5/h3-4H,1-2H2,(H,7,8)/p-1. The van der Waals surface area contributed by atoms with Gasteiger partial charge in [-0.1, -0.05) is 11.1 Å². The fourth-order valence-corrected chi connectivity index (χ4v) is 0.917. The predicted molar refractivity (Wildman–Crippen MR) is 34.0 cm³/mol. The van der Waals surface area contributed by atoms with E-state index in [1.807, 2.05) is 0 Å². The maximum atomic E-state index is 10.0. The Morgan fingerprint density at radius 3 is 3.10 bits per heavy atom. The lowest BCUT2D eigenvalue weighted by Crippen LogP contribution is -1.97. The second-order valence-corrected chi connectivity index (χ2v) is 2.74. The summed E-state index contributed by atoms with van der Waals surface area (Å²) >= 11 is -1.99. The van der Waals surface area contributed by atoms with E-state index in [-0.39, 0.29) is 5.75 Å². The normalized spacial score (nSPS) is 13.3. The maximum absolute atomic E-state index is 10.0. The quantitative estimate of drug-likeness (QED) is 0.588. The van der Waals surface area contributed by atoms with Gasteiger partial charge < -0.3 is 8.97 Å². The minimum Gasteiger partial charge on any atom is -0.772 e. The van der Waals surface area contributed by atoms with Crippen molar-refractivity contribution >= 4 is 11.1 Å². The predicted octanol–water partition coefficient (Wildman–Crippen LogP) is 0.0962. The summed E-state index contributed by atoms with van der Waals surface area (Å²) in [5, 5.41) is 0. The van der Waals surface area contributed by atoms with Crippen LogP contribution < -0.4 is 0 Å². The van der Waals surface area contributed by atoms with Crippen LogP contribution in [0.4, 0.5) is 0 Å². The van der Waals surface area contributed by atoms with E-state index in [1.54, 1.807) is 0 Å². The van der Waals surface area contributed by atoms with Crippen LogP contribution in [0.5, 0.6) is 0 Å². The molecule has 1 rings (SSSR count). The van der Waals surface area contributed by atoms with Crippen molar-refractivity contribution in [3.63, 3.8) is 0 Å². The summed E-state index contributed by atoms with van der Waals surface area (Å²) in [6, 6.07) is 0. The minimum absolute atomic E-state index is 0.0925. The average Bonchev–Trinajstić information content (AvgIpc) is 2.34. The Bertz CT molecular complexity index is 209. The topological polar surface area (TPSA) is 66.2 Å². The molecule has 0 N–H and O–H groups in total. The first kappa shape index (κ1) is 7.43. The first-order chi connectivity index (χ1) is 4.79. The van der Waals surface area contributed by atoms with Crippen molar-refractivity contribution < 1.29 is 13.2 Å². The average molecular weight is 160 g/mol. The van der Waals surface area contributed by atoms with Gasteiger partial charge in [-0.3, -0.25) is 4.21 Å². The summed E-state index contributed by atoms with van der Waals surface area (Å²) in [5.41, 5.74) is 0. The Balaban J connectivity index is 2.35. The molecule has 0 radical (unpaired) electrons. The number of hydrogen-bond acceptors (Lipinski definition) is 4. The van der Waals surface area contributed by atoms with Crippen molar-refractivity contribution in [1.82, 2.24) is 4.98 Å². The van der Waals surface area contributed by atoms with Crippen LogP contribution >= 0.6 is 0 Å². The molecule has 0 saturated carbocycles. The van der Waals surface area contributed by atoms with Crippen LogP contribution in [-0.4, -0.2) is 19.5 Å². The van der Waals surface area contributed by atoms with Crippen LogP contribution in [0.3, 0.4) is 0 Å².